The van der Waals surface area contributed by atoms with Gasteiger partial charge in [-0.3, -0.25) is 19.2 Å². The molecular weight excluding hydrogens is 426 g/mol. The van der Waals surface area contributed by atoms with Gasteiger partial charge in [0.05, 0.1) is 14.8 Å². The van der Waals surface area contributed by atoms with Crippen molar-refractivity contribution in [3.63, 3.8) is 0 Å². The number of benzene rings is 2. The SMILES string of the molecule is Cc1cc(S(=O)(=O)O)c(N=Nc2ccc([N+](=O)[O-])cc2Cl)cc1S(=O)(=O)O. The zero-order chi connectivity index (χ0) is 20.6. The van der Waals surface area contributed by atoms with Gasteiger partial charge < -0.3 is 0 Å². The summed E-state index contributed by atoms with van der Waals surface area (Å²) < 4.78 is 64.3. The van der Waals surface area contributed by atoms with Crippen LogP contribution in [0, 0.1) is 17.0 Å². The van der Waals surface area contributed by atoms with Crippen LogP contribution < -0.4 is 0 Å². The summed E-state index contributed by atoms with van der Waals surface area (Å²) in [6.45, 7) is 1.20. The third-order valence-electron chi connectivity index (χ3n) is 3.22. The molecule has 0 aromatic heterocycles. The predicted octanol–water partition coefficient (Wildman–Crippen LogP) is 3.47. The molecule has 2 aromatic rings. The predicted molar refractivity (Wildman–Crippen MR) is 93.1 cm³/mol. The van der Waals surface area contributed by atoms with Gasteiger partial charge >= 0.3 is 0 Å². The summed E-state index contributed by atoms with van der Waals surface area (Å²) in [5.74, 6) is 0. The van der Waals surface area contributed by atoms with Gasteiger partial charge in [0.25, 0.3) is 25.9 Å². The molecule has 0 atom stereocenters. The van der Waals surface area contributed by atoms with Crippen molar-refractivity contribution < 1.29 is 30.9 Å². The molecule has 0 heterocycles. The molecule has 0 saturated heterocycles. The summed E-state index contributed by atoms with van der Waals surface area (Å²) >= 11 is 5.84. The summed E-state index contributed by atoms with van der Waals surface area (Å²) in [7, 11) is -9.51. The second-order valence-corrected chi connectivity index (χ2v) is 8.32. The highest BCUT2D eigenvalue weighted by atomic mass is 35.5. The first-order valence-corrected chi connectivity index (χ1v) is 10.0. The van der Waals surface area contributed by atoms with E-state index >= 15 is 0 Å². The maximum atomic E-state index is 11.5. The van der Waals surface area contributed by atoms with Gasteiger partial charge in [-0.15, -0.1) is 10.2 Å². The summed E-state index contributed by atoms with van der Waals surface area (Å²) in [5.41, 5.74) is -1.15. The molecule has 2 N–H and O–H groups in total. The Balaban J connectivity index is 2.64. The fourth-order valence-electron chi connectivity index (χ4n) is 2.01. The number of nitro groups is 1. The third-order valence-corrected chi connectivity index (χ3v) is 5.40. The van der Waals surface area contributed by atoms with Crippen molar-refractivity contribution in [1.82, 2.24) is 0 Å². The van der Waals surface area contributed by atoms with E-state index in [1.54, 1.807) is 0 Å². The average molecular weight is 436 g/mol. The molecule has 0 spiro atoms. The lowest BCUT2D eigenvalue weighted by molar-refractivity contribution is -0.384. The summed E-state index contributed by atoms with van der Waals surface area (Å²) in [6.07, 6.45) is 0. The zero-order valence-electron chi connectivity index (χ0n) is 13.3. The molecule has 0 amide bonds. The Bertz CT molecular complexity index is 1180. The van der Waals surface area contributed by atoms with Crippen molar-refractivity contribution in [3.05, 3.63) is 51.0 Å². The van der Waals surface area contributed by atoms with Gasteiger partial charge in [0, 0.05) is 12.1 Å². The summed E-state index contributed by atoms with van der Waals surface area (Å²) in [6, 6.07) is 4.69. The first kappa shape index (κ1) is 20.9. The average Bonchev–Trinajstić information content (AvgIpc) is 2.52. The van der Waals surface area contributed by atoms with Crippen LogP contribution in [0.2, 0.25) is 5.02 Å². The lowest BCUT2D eigenvalue weighted by Gasteiger charge is -2.08. The molecule has 0 radical (unpaired) electrons. The van der Waals surface area contributed by atoms with E-state index in [0.717, 1.165) is 24.3 Å². The lowest BCUT2D eigenvalue weighted by atomic mass is 10.2. The fourth-order valence-corrected chi connectivity index (χ4v) is 3.64. The van der Waals surface area contributed by atoms with Gasteiger partial charge in [0.2, 0.25) is 0 Å². The Labute approximate surface area is 158 Å². The second kappa shape index (κ2) is 7.28. The number of hydrogen-bond acceptors (Lipinski definition) is 8. The van der Waals surface area contributed by atoms with Crippen LogP contribution in [0.5, 0.6) is 0 Å². The van der Waals surface area contributed by atoms with Crippen LogP contribution in [0.15, 0.2) is 50.4 Å². The Morgan fingerprint density at radius 1 is 0.963 bits per heavy atom. The van der Waals surface area contributed by atoms with Gasteiger partial charge in [-0.25, -0.2) is 0 Å². The molecule has 2 aromatic carbocycles. The highest BCUT2D eigenvalue weighted by Crippen LogP contribution is 2.34. The van der Waals surface area contributed by atoms with E-state index in [-0.39, 0.29) is 22.0 Å². The molecule has 0 fully saturated rings. The van der Waals surface area contributed by atoms with Crippen LogP contribution in [0.1, 0.15) is 5.56 Å². The normalized spacial score (nSPS) is 12.4. The summed E-state index contributed by atoms with van der Waals surface area (Å²) in [4.78, 5) is 8.59. The maximum Gasteiger partial charge on any atom is 0.296 e. The van der Waals surface area contributed by atoms with Gasteiger partial charge in [0.1, 0.15) is 16.3 Å². The van der Waals surface area contributed by atoms with Gasteiger partial charge in [-0.1, -0.05) is 11.6 Å². The fraction of sp³-hybridized carbons (Fsp3) is 0.0769. The second-order valence-electron chi connectivity index (χ2n) is 5.13. The van der Waals surface area contributed by atoms with Gasteiger partial charge in [-0.2, -0.15) is 16.8 Å². The Morgan fingerprint density at radius 2 is 1.52 bits per heavy atom. The van der Waals surface area contributed by atoms with Crippen molar-refractivity contribution >= 4 is 48.9 Å². The van der Waals surface area contributed by atoms with E-state index in [2.05, 4.69) is 10.2 Å². The Morgan fingerprint density at radius 3 is 2.00 bits per heavy atom. The standard InChI is InChI=1S/C13H10ClN3O8S2/c1-7-4-13(27(23,24)25)11(6-12(7)26(20,21)22)16-15-10-3-2-8(17(18)19)5-9(10)14/h2-6H,1H3,(H,20,21,22)(H,23,24,25). The molecule has 0 aliphatic heterocycles. The monoisotopic (exact) mass is 435 g/mol. The zero-order valence-corrected chi connectivity index (χ0v) is 15.7. The van der Waals surface area contributed by atoms with Crippen molar-refractivity contribution in [2.24, 2.45) is 10.2 Å². The minimum Gasteiger partial charge on any atom is -0.282 e. The molecule has 2 rings (SSSR count). The number of hydrogen-bond donors (Lipinski definition) is 2. The first-order valence-electron chi connectivity index (χ1n) is 6.76. The number of nitro benzene ring substituents is 1. The van der Waals surface area contributed by atoms with E-state index in [1.807, 2.05) is 0 Å². The highest BCUT2D eigenvalue weighted by molar-refractivity contribution is 7.86. The molecule has 27 heavy (non-hydrogen) atoms. The quantitative estimate of drug-likeness (QED) is 0.310. The largest absolute Gasteiger partial charge is 0.296 e. The van der Waals surface area contributed by atoms with Gasteiger partial charge in [0.15, 0.2) is 0 Å². The minimum atomic E-state index is -4.80. The molecule has 11 nitrogen and oxygen atoms in total. The van der Waals surface area contributed by atoms with Crippen LogP contribution in [0.4, 0.5) is 17.1 Å². The molecule has 0 unspecified atom stereocenters. The minimum absolute atomic E-state index is 0.0856. The number of non-ortho nitro benzene ring substituents is 1. The van der Waals surface area contributed by atoms with Crippen LogP contribution in [-0.4, -0.2) is 30.9 Å². The molecule has 0 aliphatic rings. The first-order chi connectivity index (χ1) is 12.3. The maximum absolute atomic E-state index is 11.5. The number of azo groups is 1. The molecule has 14 heteroatoms. The molecule has 0 bridgehead atoms. The number of halogens is 1. The molecule has 144 valence electrons. The van der Waals surface area contributed by atoms with Crippen molar-refractivity contribution in [1.29, 1.82) is 0 Å². The van der Waals surface area contributed by atoms with E-state index in [0.29, 0.717) is 6.07 Å². The van der Waals surface area contributed by atoms with E-state index in [4.69, 9.17) is 11.6 Å². The van der Waals surface area contributed by atoms with Crippen LogP contribution in [0.25, 0.3) is 0 Å². The van der Waals surface area contributed by atoms with Crippen molar-refractivity contribution in [2.75, 3.05) is 0 Å². The highest BCUT2D eigenvalue weighted by Gasteiger charge is 2.22. The van der Waals surface area contributed by atoms with E-state index in [9.17, 15) is 36.1 Å². The van der Waals surface area contributed by atoms with Crippen molar-refractivity contribution in [2.45, 2.75) is 16.7 Å². The van der Waals surface area contributed by atoms with Crippen LogP contribution in [0.3, 0.4) is 0 Å². The molecular formula is C13H10ClN3O8S2. The molecule has 0 saturated carbocycles. The topological polar surface area (TPSA) is 177 Å². The van der Waals surface area contributed by atoms with E-state index in [1.165, 1.54) is 6.92 Å². The number of nitrogens with zero attached hydrogens (tertiary/aromatic N) is 3. The van der Waals surface area contributed by atoms with Crippen LogP contribution >= 0.6 is 11.6 Å². The number of aryl methyl sites for hydroxylation is 1. The lowest BCUT2D eigenvalue weighted by Crippen LogP contribution is -2.05. The van der Waals surface area contributed by atoms with E-state index < -0.39 is 40.6 Å². The summed E-state index contributed by atoms with van der Waals surface area (Å²) in [5, 5.41) is 17.7. The van der Waals surface area contributed by atoms with Crippen molar-refractivity contribution in [3.8, 4) is 0 Å². The third kappa shape index (κ3) is 4.84. The Hall–Kier alpha value is -2.45. The number of rotatable bonds is 5. The Kier molecular flexibility index (Phi) is 5.63. The molecule has 0 aliphatic carbocycles. The van der Waals surface area contributed by atoms with Crippen LogP contribution in [-0.2, 0) is 20.2 Å². The smallest absolute Gasteiger partial charge is 0.282 e. The van der Waals surface area contributed by atoms with Gasteiger partial charge in [-0.05, 0) is 30.7 Å².